The number of carbonyl (C=O) groups excluding carboxylic acids is 1. The molecule has 1 rings (SSSR count). The van der Waals surface area contributed by atoms with Crippen molar-refractivity contribution >= 4 is 18.4 Å². The van der Waals surface area contributed by atoms with Crippen LogP contribution in [-0.2, 0) is 9.53 Å². The van der Waals surface area contributed by atoms with Crippen molar-refractivity contribution in [3.63, 3.8) is 0 Å². The zero-order chi connectivity index (χ0) is 9.14. The summed E-state index contributed by atoms with van der Waals surface area (Å²) in [5.74, 6) is 0.982. The van der Waals surface area contributed by atoms with Gasteiger partial charge in [-0.05, 0) is 18.4 Å². The van der Waals surface area contributed by atoms with Gasteiger partial charge in [-0.2, -0.15) is 0 Å². The van der Waals surface area contributed by atoms with Crippen LogP contribution in [0.15, 0.2) is 0 Å². The van der Waals surface area contributed by atoms with Crippen LogP contribution in [-0.4, -0.2) is 26.2 Å². The van der Waals surface area contributed by atoms with E-state index in [0.717, 1.165) is 13.1 Å². The fourth-order valence-electron chi connectivity index (χ4n) is 1.81. The third-order valence-electron chi connectivity index (χ3n) is 2.62. The largest absolute Gasteiger partial charge is 0.469 e. The molecule has 1 N–H and O–H groups in total. The lowest BCUT2D eigenvalue weighted by atomic mass is 9.86. The van der Waals surface area contributed by atoms with Gasteiger partial charge in [0.1, 0.15) is 0 Å². The maximum atomic E-state index is 11.3. The smallest absolute Gasteiger partial charge is 0.310 e. The van der Waals surface area contributed by atoms with E-state index in [4.69, 9.17) is 4.74 Å². The minimum Gasteiger partial charge on any atom is -0.469 e. The average Bonchev–Trinajstić information content (AvgIpc) is 2.50. The van der Waals surface area contributed by atoms with E-state index in [1.54, 1.807) is 0 Å². The Balaban J connectivity index is 0.00000144. The second-order valence-electron chi connectivity index (χ2n) is 3.70. The first-order valence-electron chi connectivity index (χ1n) is 4.45. The van der Waals surface area contributed by atoms with Crippen LogP contribution >= 0.6 is 12.4 Å². The average molecular weight is 208 g/mol. The number of rotatable bonds is 2. The normalized spacial score (nSPS) is 27.1. The Labute approximate surface area is 85.6 Å². The molecule has 0 spiro atoms. The summed E-state index contributed by atoms with van der Waals surface area (Å²) in [6, 6.07) is 0. The molecule has 4 heteroatoms. The molecule has 78 valence electrons. The van der Waals surface area contributed by atoms with Crippen molar-refractivity contribution in [1.29, 1.82) is 0 Å². The van der Waals surface area contributed by atoms with Crippen LogP contribution in [0.5, 0.6) is 0 Å². The van der Waals surface area contributed by atoms with Gasteiger partial charge >= 0.3 is 5.97 Å². The van der Waals surface area contributed by atoms with Crippen LogP contribution in [0.1, 0.15) is 13.8 Å². The fraction of sp³-hybridized carbons (Fsp3) is 0.889. The van der Waals surface area contributed by atoms with Gasteiger partial charge in [0.25, 0.3) is 0 Å². The van der Waals surface area contributed by atoms with Gasteiger partial charge in [0.15, 0.2) is 0 Å². The molecule has 0 amide bonds. The lowest BCUT2D eigenvalue weighted by Crippen LogP contribution is -2.27. The van der Waals surface area contributed by atoms with Crippen molar-refractivity contribution in [3.8, 4) is 0 Å². The molecular weight excluding hydrogens is 190 g/mol. The van der Waals surface area contributed by atoms with Gasteiger partial charge < -0.3 is 10.1 Å². The molecule has 13 heavy (non-hydrogen) atoms. The van der Waals surface area contributed by atoms with Gasteiger partial charge in [-0.3, -0.25) is 4.79 Å². The predicted octanol–water partition coefficient (Wildman–Crippen LogP) is 1.07. The van der Waals surface area contributed by atoms with E-state index in [1.807, 2.05) is 0 Å². The molecule has 1 saturated heterocycles. The summed E-state index contributed by atoms with van der Waals surface area (Å²) in [4.78, 5) is 11.3. The maximum absolute atomic E-state index is 11.3. The number of nitrogens with one attached hydrogen (secondary N) is 1. The SMILES string of the molecule is COC(=O)C1CNCC1C(C)C.Cl. The molecule has 1 aliphatic heterocycles. The highest BCUT2D eigenvalue weighted by molar-refractivity contribution is 5.85. The van der Waals surface area contributed by atoms with E-state index in [1.165, 1.54) is 7.11 Å². The zero-order valence-electron chi connectivity index (χ0n) is 8.37. The molecule has 0 saturated carbocycles. The lowest BCUT2D eigenvalue weighted by Gasteiger charge is -2.19. The fourth-order valence-corrected chi connectivity index (χ4v) is 1.81. The van der Waals surface area contributed by atoms with E-state index in [0.29, 0.717) is 11.8 Å². The van der Waals surface area contributed by atoms with Crippen molar-refractivity contribution < 1.29 is 9.53 Å². The van der Waals surface area contributed by atoms with Crippen LogP contribution < -0.4 is 5.32 Å². The van der Waals surface area contributed by atoms with Crippen molar-refractivity contribution in [3.05, 3.63) is 0 Å². The minimum atomic E-state index is -0.0706. The Hall–Kier alpha value is -0.280. The molecular formula is C9H18ClNO2. The molecule has 1 heterocycles. The first-order chi connectivity index (χ1) is 5.66. The number of halogens is 1. The third-order valence-corrected chi connectivity index (χ3v) is 2.62. The summed E-state index contributed by atoms with van der Waals surface area (Å²) >= 11 is 0. The highest BCUT2D eigenvalue weighted by Gasteiger charge is 2.35. The molecule has 0 radical (unpaired) electrons. The van der Waals surface area contributed by atoms with Crippen LogP contribution in [0.2, 0.25) is 0 Å². The van der Waals surface area contributed by atoms with Crippen LogP contribution in [0.3, 0.4) is 0 Å². The molecule has 0 bridgehead atoms. The molecule has 1 fully saturated rings. The van der Waals surface area contributed by atoms with Gasteiger partial charge in [0.05, 0.1) is 13.0 Å². The quantitative estimate of drug-likeness (QED) is 0.689. The number of hydrogen-bond donors (Lipinski definition) is 1. The Morgan fingerprint density at radius 1 is 1.46 bits per heavy atom. The number of ether oxygens (including phenoxy) is 1. The molecule has 3 nitrogen and oxygen atoms in total. The summed E-state index contributed by atoms with van der Waals surface area (Å²) in [6.07, 6.45) is 0. The van der Waals surface area contributed by atoms with Gasteiger partial charge in [-0.1, -0.05) is 13.8 Å². The number of carbonyl (C=O) groups is 1. The molecule has 0 aromatic carbocycles. The summed E-state index contributed by atoms with van der Waals surface area (Å²) in [6.45, 7) is 6.01. The van der Waals surface area contributed by atoms with Gasteiger partial charge in [0.2, 0.25) is 0 Å². The highest BCUT2D eigenvalue weighted by atomic mass is 35.5. The van der Waals surface area contributed by atoms with Gasteiger partial charge in [-0.25, -0.2) is 0 Å². The van der Waals surface area contributed by atoms with E-state index in [2.05, 4.69) is 19.2 Å². The summed E-state index contributed by atoms with van der Waals surface area (Å²) in [5, 5.41) is 3.22. The molecule has 2 unspecified atom stereocenters. The molecule has 2 atom stereocenters. The van der Waals surface area contributed by atoms with Crippen LogP contribution in [0, 0.1) is 17.8 Å². The zero-order valence-corrected chi connectivity index (χ0v) is 9.19. The van der Waals surface area contributed by atoms with E-state index >= 15 is 0 Å². The number of esters is 1. The molecule has 0 aromatic rings. The van der Waals surface area contributed by atoms with Crippen LogP contribution in [0.25, 0.3) is 0 Å². The predicted molar refractivity (Wildman–Crippen MR) is 54.0 cm³/mol. The number of hydrogen-bond acceptors (Lipinski definition) is 3. The first-order valence-corrected chi connectivity index (χ1v) is 4.45. The molecule has 0 aromatic heterocycles. The van der Waals surface area contributed by atoms with Crippen LogP contribution in [0.4, 0.5) is 0 Å². The van der Waals surface area contributed by atoms with Gasteiger partial charge in [0, 0.05) is 6.54 Å². The second-order valence-corrected chi connectivity index (χ2v) is 3.70. The Morgan fingerprint density at radius 3 is 2.54 bits per heavy atom. The van der Waals surface area contributed by atoms with E-state index in [-0.39, 0.29) is 24.3 Å². The molecule has 0 aliphatic carbocycles. The second kappa shape index (κ2) is 5.45. The van der Waals surface area contributed by atoms with E-state index in [9.17, 15) is 4.79 Å². The Bertz CT molecular complexity index is 173. The first kappa shape index (κ1) is 12.7. The van der Waals surface area contributed by atoms with Crippen molar-refractivity contribution in [2.45, 2.75) is 13.8 Å². The standard InChI is InChI=1S/C9H17NO2.ClH/c1-6(2)7-4-10-5-8(7)9(11)12-3;/h6-8,10H,4-5H2,1-3H3;1H. The van der Waals surface area contributed by atoms with Crippen molar-refractivity contribution in [1.82, 2.24) is 5.32 Å². The maximum Gasteiger partial charge on any atom is 0.310 e. The summed E-state index contributed by atoms with van der Waals surface area (Å²) in [5.41, 5.74) is 0. The third kappa shape index (κ3) is 2.85. The van der Waals surface area contributed by atoms with Crippen molar-refractivity contribution in [2.24, 2.45) is 17.8 Å². The topological polar surface area (TPSA) is 38.3 Å². The van der Waals surface area contributed by atoms with E-state index < -0.39 is 0 Å². The lowest BCUT2D eigenvalue weighted by molar-refractivity contribution is -0.146. The molecule has 1 aliphatic rings. The highest BCUT2D eigenvalue weighted by Crippen LogP contribution is 2.25. The minimum absolute atomic E-state index is 0. The number of methoxy groups -OCH3 is 1. The van der Waals surface area contributed by atoms with Crippen molar-refractivity contribution in [2.75, 3.05) is 20.2 Å². The van der Waals surface area contributed by atoms with Gasteiger partial charge in [-0.15, -0.1) is 12.4 Å². The summed E-state index contributed by atoms with van der Waals surface area (Å²) < 4.78 is 4.74. The monoisotopic (exact) mass is 207 g/mol. The Kier molecular flexibility index (Phi) is 5.33. The Morgan fingerprint density at radius 2 is 2.08 bits per heavy atom. The summed E-state index contributed by atoms with van der Waals surface area (Å²) in [7, 11) is 1.46.